The molecule has 3 aromatic heterocycles. The number of aryl methyl sites for hydroxylation is 1. The summed E-state index contributed by atoms with van der Waals surface area (Å²) in [6.07, 6.45) is 3.37. The molecule has 196 valence electrons. The van der Waals surface area contributed by atoms with Crippen LogP contribution in [0.1, 0.15) is 42.7 Å². The van der Waals surface area contributed by atoms with E-state index in [4.69, 9.17) is 9.26 Å². The first-order chi connectivity index (χ1) is 18.9. The lowest BCUT2D eigenvalue weighted by Gasteiger charge is -2.14. The molecule has 2 aromatic carbocycles. The van der Waals surface area contributed by atoms with Crippen LogP contribution in [0.3, 0.4) is 0 Å². The number of H-pyrrole nitrogens is 1. The summed E-state index contributed by atoms with van der Waals surface area (Å²) in [5, 5.41) is 16.4. The van der Waals surface area contributed by atoms with Crippen molar-refractivity contribution in [2.45, 2.75) is 38.2 Å². The van der Waals surface area contributed by atoms with Crippen LogP contribution in [-0.4, -0.2) is 37.3 Å². The first kappa shape index (κ1) is 24.4. The number of aromatic nitrogens is 4. The van der Waals surface area contributed by atoms with Gasteiger partial charge in [0.15, 0.2) is 5.76 Å². The Morgan fingerprint density at radius 1 is 1.10 bits per heavy atom. The van der Waals surface area contributed by atoms with Gasteiger partial charge in [-0.15, -0.1) is 0 Å². The summed E-state index contributed by atoms with van der Waals surface area (Å²) in [5.41, 5.74) is 4.99. The molecule has 1 amide bonds. The smallest absolute Gasteiger partial charge is 0.412 e. The molecule has 3 N–H and O–H groups in total. The quantitative estimate of drug-likeness (QED) is 0.235. The van der Waals surface area contributed by atoms with Gasteiger partial charge >= 0.3 is 12.1 Å². The Morgan fingerprint density at radius 2 is 1.85 bits per heavy atom. The summed E-state index contributed by atoms with van der Waals surface area (Å²) in [5.74, 6) is -0.487. The number of fused-ring (bicyclic) bond motifs is 1. The van der Waals surface area contributed by atoms with Crippen molar-refractivity contribution in [2.75, 3.05) is 5.32 Å². The number of aliphatic carboxylic acids is 1. The number of aromatic amines is 1. The molecule has 0 aliphatic heterocycles. The van der Waals surface area contributed by atoms with Crippen molar-refractivity contribution in [3.63, 3.8) is 0 Å². The van der Waals surface area contributed by atoms with E-state index in [2.05, 4.69) is 25.4 Å². The highest BCUT2D eigenvalue weighted by atomic mass is 16.6. The highest BCUT2D eigenvalue weighted by molar-refractivity contribution is 6.01. The molecular formula is C29H25N5O5. The minimum absolute atomic E-state index is 0.306. The van der Waals surface area contributed by atoms with Gasteiger partial charge in [-0.2, -0.15) is 0 Å². The van der Waals surface area contributed by atoms with Crippen molar-refractivity contribution in [1.29, 1.82) is 0 Å². The Kier molecular flexibility index (Phi) is 5.86. The first-order valence-corrected chi connectivity index (χ1v) is 12.5. The number of pyridine rings is 1. The van der Waals surface area contributed by atoms with Crippen molar-refractivity contribution < 1.29 is 24.0 Å². The van der Waals surface area contributed by atoms with Crippen LogP contribution in [0, 0.1) is 6.92 Å². The zero-order valence-electron chi connectivity index (χ0n) is 21.3. The van der Waals surface area contributed by atoms with Crippen LogP contribution in [-0.2, 0) is 14.9 Å². The van der Waals surface area contributed by atoms with E-state index < -0.39 is 23.6 Å². The van der Waals surface area contributed by atoms with E-state index in [1.165, 1.54) is 0 Å². The van der Waals surface area contributed by atoms with Gasteiger partial charge in [0.1, 0.15) is 23.0 Å². The Balaban J connectivity index is 1.29. The maximum atomic E-state index is 12.8. The molecule has 6 rings (SSSR count). The molecule has 0 radical (unpaired) electrons. The van der Waals surface area contributed by atoms with E-state index in [-0.39, 0.29) is 0 Å². The summed E-state index contributed by atoms with van der Waals surface area (Å²) in [4.78, 5) is 36.7. The van der Waals surface area contributed by atoms with E-state index in [9.17, 15) is 14.7 Å². The molecule has 1 fully saturated rings. The number of carbonyl (C=O) groups excluding carboxylic acids is 1. The molecule has 1 aliphatic rings. The molecule has 39 heavy (non-hydrogen) atoms. The topological polar surface area (TPSA) is 143 Å². The highest BCUT2D eigenvalue weighted by Gasteiger charge is 2.51. The molecule has 1 atom stereocenters. The SMILES string of the molecule is Cc1noc(-c2cnc(-c3ccc(C4(C(=O)O)CC4)cc3)c3[nH]cnc23)c1NC(=O)OC(C)c1ccccc1. The number of hydrogen-bond donors (Lipinski definition) is 3. The van der Waals surface area contributed by atoms with Crippen molar-refractivity contribution >= 4 is 28.8 Å². The molecule has 1 unspecified atom stereocenters. The zero-order valence-corrected chi connectivity index (χ0v) is 21.3. The maximum Gasteiger partial charge on any atom is 0.412 e. The van der Waals surface area contributed by atoms with Crippen molar-refractivity contribution in [3.05, 3.63) is 83.9 Å². The molecular weight excluding hydrogens is 498 g/mol. The molecule has 10 nitrogen and oxygen atoms in total. The number of hydrogen-bond acceptors (Lipinski definition) is 7. The zero-order chi connectivity index (χ0) is 27.1. The van der Waals surface area contributed by atoms with Crippen LogP contribution >= 0.6 is 0 Å². The van der Waals surface area contributed by atoms with E-state index >= 15 is 0 Å². The highest BCUT2D eigenvalue weighted by Crippen LogP contribution is 2.48. The molecule has 5 aromatic rings. The number of imidazole rings is 1. The summed E-state index contributed by atoms with van der Waals surface area (Å²) >= 11 is 0. The normalized spacial score (nSPS) is 14.6. The number of rotatable bonds is 7. The van der Waals surface area contributed by atoms with Gasteiger partial charge in [0.2, 0.25) is 0 Å². The van der Waals surface area contributed by atoms with Gasteiger partial charge in [0.25, 0.3) is 0 Å². The van der Waals surface area contributed by atoms with Gasteiger partial charge in [-0.25, -0.2) is 9.78 Å². The number of amides is 1. The monoisotopic (exact) mass is 523 g/mol. The minimum Gasteiger partial charge on any atom is -0.481 e. The van der Waals surface area contributed by atoms with Gasteiger partial charge in [-0.1, -0.05) is 59.8 Å². The van der Waals surface area contributed by atoms with E-state index in [0.717, 1.165) is 16.7 Å². The molecule has 1 saturated carbocycles. The summed E-state index contributed by atoms with van der Waals surface area (Å²) in [6, 6.07) is 16.9. The maximum absolute atomic E-state index is 12.8. The Bertz CT molecular complexity index is 1690. The molecule has 1 aliphatic carbocycles. The number of anilines is 1. The van der Waals surface area contributed by atoms with Gasteiger partial charge in [0, 0.05) is 11.8 Å². The minimum atomic E-state index is -0.793. The summed E-state index contributed by atoms with van der Waals surface area (Å²) < 4.78 is 11.2. The predicted octanol–water partition coefficient (Wildman–Crippen LogP) is 6.01. The fraction of sp³-hybridized carbons (Fsp3) is 0.207. The molecule has 0 saturated heterocycles. The Hall–Kier alpha value is -4.99. The lowest BCUT2D eigenvalue weighted by Crippen LogP contribution is -2.19. The number of nitrogens with one attached hydrogen (secondary N) is 2. The van der Waals surface area contributed by atoms with Crippen LogP contribution in [0.4, 0.5) is 10.5 Å². The fourth-order valence-electron chi connectivity index (χ4n) is 4.80. The third-order valence-electron chi connectivity index (χ3n) is 7.21. The predicted molar refractivity (Wildman–Crippen MR) is 143 cm³/mol. The number of carbonyl (C=O) groups is 2. The van der Waals surface area contributed by atoms with Gasteiger partial charge in [-0.3, -0.25) is 15.1 Å². The number of carboxylic acids is 1. The Morgan fingerprint density at radius 3 is 2.54 bits per heavy atom. The largest absolute Gasteiger partial charge is 0.481 e. The van der Waals surface area contributed by atoms with E-state index in [1.54, 1.807) is 26.4 Å². The van der Waals surface area contributed by atoms with Gasteiger partial charge < -0.3 is 19.4 Å². The van der Waals surface area contributed by atoms with Crippen LogP contribution in [0.15, 0.2) is 71.6 Å². The molecule has 10 heteroatoms. The molecule has 3 heterocycles. The lowest BCUT2D eigenvalue weighted by molar-refractivity contribution is -0.140. The number of nitrogens with zero attached hydrogens (tertiary/aromatic N) is 3. The standard InChI is InChI=1S/C29H25N5O5/c1-16-22(33-28(37)38-17(2)18-6-4-3-5-7-18)26(39-34-16)21-14-30-23(25-24(21)31-15-32-25)19-8-10-20(11-9-19)29(12-13-29)27(35)36/h3-11,14-15,17H,12-13H2,1-2H3,(H,31,32)(H,33,37)(H,35,36). The average molecular weight is 524 g/mol. The Labute approximate surface area is 223 Å². The van der Waals surface area contributed by atoms with Crippen molar-refractivity contribution in [2.24, 2.45) is 0 Å². The fourth-order valence-corrected chi connectivity index (χ4v) is 4.80. The second kappa shape index (κ2) is 9.39. The molecule has 0 spiro atoms. The van der Waals surface area contributed by atoms with Crippen LogP contribution < -0.4 is 5.32 Å². The number of benzene rings is 2. The van der Waals surface area contributed by atoms with E-state index in [1.807, 2.05) is 54.6 Å². The second-order valence-electron chi connectivity index (χ2n) is 9.67. The molecule has 0 bridgehead atoms. The van der Waals surface area contributed by atoms with Crippen LogP contribution in [0.5, 0.6) is 0 Å². The van der Waals surface area contributed by atoms with Crippen molar-refractivity contribution in [1.82, 2.24) is 20.1 Å². The van der Waals surface area contributed by atoms with E-state index in [0.29, 0.717) is 52.3 Å². The average Bonchev–Trinajstić information content (AvgIpc) is 3.49. The van der Waals surface area contributed by atoms with Gasteiger partial charge in [0.05, 0.1) is 28.5 Å². The van der Waals surface area contributed by atoms with Crippen molar-refractivity contribution in [3.8, 4) is 22.6 Å². The summed E-state index contributed by atoms with van der Waals surface area (Å²) in [7, 11) is 0. The lowest BCUT2D eigenvalue weighted by atomic mass is 9.94. The third-order valence-corrected chi connectivity index (χ3v) is 7.21. The number of carboxylic acid groups (broad SMARTS) is 1. The third kappa shape index (κ3) is 4.29. The van der Waals surface area contributed by atoms with Crippen LogP contribution in [0.2, 0.25) is 0 Å². The van der Waals surface area contributed by atoms with Gasteiger partial charge in [-0.05, 0) is 37.8 Å². The number of ether oxygens (including phenoxy) is 1. The second-order valence-corrected chi connectivity index (χ2v) is 9.67. The summed E-state index contributed by atoms with van der Waals surface area (Å²) in [6.45, 7) is 3.52. The first-order valence-electron chi connectivity index (χ1n) is 12.5. The van der Waals surface area contributed by atoms with Crippen LogP contribution in [0.25, 0.3) is 33.6 Å².